The van der Waals surface area contributed by atoms with Crippen LogP contribution in [0.25, 0.3) is 0 Å². The van der Waals surface area contributed by atoms with Gasteiger partial charge in [-0.05, 0) is 17.7 Å². The van der Waals surface area contributed by atoms with E-state index < -0.39 is 5.76 Å². The highest BCUT2D eigenvalue weighted by molar-refractivity contribution is 8.00. The van der Waals surface area contributed by atoms with Crippen molar-refractivity contribution in [2.45, 2.75) is 20.7 Å². The summed E-state index contributed by atoms with van der Waals surface area (Å²) in [4.78, 5) is 2.76. The Hall–Kier alpha value is -0.900. The Balaban J connectivity index is 1.53. The van der Waals surface area contributed by atoms with E-state index in [0.29, 0.717) is 16.7 Å². The predicted octanol–water partition coefficient (Wildman–Crippen LogP) is 3.98. The van der Waals surface area contributed by atoms with Crippen LogP contribution in [-0.4, -0.2) is 42.3 Å². The number of nitrogens with zero attached hydrogens (tertiary/aromatic N) is 3. The standard InChI is InChI=1S/C14H15F2N3OS3/c15-12(16)22-11-3-1-10(2-4-11)9-21-14-18-17-13(23-14)19-5-7-20-8-6-19/h1-4,12H,5-9H2. The number of aromatic nitrogens is 2. The van der Waals surface area contributed by atoms with E-state index in [1.807, 2.05) is 12.1 Å². The molecule has 1 fully saturated rings. The molecule has 0 bridgehead atoms. The number of hydrogen-bond donors (Lipinski definition) is 0. The molecule has 0 spiro atoms. The topological polar surface area (TPSA) is 38.2 Å². The number of ether oxygens (including phenoxy) is 1. The molecule has 0 radical (unpaired) electrons. The highest BCUT2D eigenvalue weighted by Crippen LogP contribution is 2.31. The Morgan fingerprint density at radius 2 is 1.91 bits per heavy atom. The zero-order valence-corrected chi connectivity index (χ0v) is 14.6. The van der Waals surface area contributed by atoms with Crippen molar-refractivity contribution in [3.05, 3.63) is 29.8 Å². The summed E-state index contributed by atoms with van der Waals surface area (Å²) in [6, 6.07) is 7.21. The average Bonchev–Trinajstić information content (AvgIpc) is 3.04. The maximum absolute atomic E-state index is 12.3. The Kier molecular flexibility index (Phi) is 6.09. The molecule has 23 heavy (non-hydrogen) atoms. The van der Waals surface area contributed by atoms with Crippen LogP contribution in [-0.2, 0) is 10.5 Å². The minimum atomic E-state index is -2.38. The van der Waals surface area contributed by atoms with Gasteiger partial charge in [0.15, 0.2) is 4.34 Å². The number of anilines is 1. The van der Waals surface area contributed by atoms with E-state index >= 15 is 0 Å². The molecule has 2 heterocycles. The third kappa shape index (κ3) is 5.03. The fourth-order valence-corrected chi connectivity index (χ4v) is 4.40. The second kappa shape index (κ2) is 8.27. The average molecular weight is 375 g/mol. The summed E-state index contributed by atoms with van der Waals surface area (Å²) >= 11 is 3.75. The van der Waals surface area contributed by atoms with E-state index in [2.05, 4.69) is 15.1 Å². The fourth-order valence-electron chi connectivity index (χ4n) is 2.06. The number of thioether (sulfide) groups is 2. The van der Waals surface area contributed by atoms with Crippen molar-refractivity contribution in [2.24, 2.45) is 0 Å². The molecular weight excluding hydrogens is 360 g/mol. The molecule has 0 saturated carbocycles. The van der Waals surface area contributed by atoms with Crippen molar-refractivity contribution in [1.29, 1.82) is 0 Å². The minimum Gasteiger partial charge on any atom is -0.378 e. The van der Waals surface area contributed by atoms with E-state index in [-0.39, 0.29) is 0 Å². The van der Waals surface area contributed by atoms with Crippen LogP contribution in [0.4, 0.5) is 13.9 Å². The normalized spacial score (nSPS) is 15.3. The Morgan fingerprint density at radius 1 is 1.17 bits per heavy atom. The molecule has 0 unspecified atom stereocenters. The fraction of sp³-hybridized carbons (Fsp3) is 0.429. The van der Waals surface area contributed by atoms with E-state index in [0.717, 1.165) is 47.1 Å². The molecule has 1 aliphatic rings. The lowest BCUT2D eigenvalue weighted by Gasteiger charge is -2.25. The number of alkyl halides is 2. The molecule has 0 N–H and O–H groups in total. The van der Waals surface area contributed by atoms with Crippen LogP contribution in [0.15, 0.2) is 33.5 Å². The van der Waals surface area contributed by atoms with Crippen molar-refractivity contribution >= 4 is 40.0 Å². The van der Waals surface area contributed by atoms with Crippen LogP contribution >= 0.6 is 34.9 Å². The Morgan fingerprint density at radius 3 is 2.61 bits per heavy atom. The SMILES string of the molecule is FC(F)Sc1ccc(CSc2nnc(N3CCOCC3)s2)cc1. The van der Waals surface area contributed by atoms with Crippen molar-refractivity contribution in [3.8, 4) is 0 Å². The van der Waals surface area contributed by atoms with Crippen LogP contribution in [0, 0.1) is 0 Å². The maximum atomic E-state index is 12.3. The van der Waals surface area contributed by atoms with E-state index in [9.17, 15) is 8.78 Å². The first-order valence-electron chi connectivity index (χ1n) is 7.03. The molecule has 1 aromatic carbocycles. The summed E-state index contributed by atoms with van der Waals surface area (Å²) in [5, 5.41) is 9.37. The molecule has 1 aromatic heterocycles. The van der Waals surface area contributed by atoms with Gasteiger partial charge in [0.2, 0.25) is 5.13 Å². The first-order valence-corrected chi connectivity index (χ1v) is 9.71. The summed E-state index contributed by atoms with van der Waals surface area (Å²) in [6.07, 6.45) is 0. The molecule has 124 valence electrons. The molecule has 1 saturated heterocycles. The van der Waals surface area contributed by atoms with Gasteiger partial charge in [-0.15, -0.1) is 10.2 Å². The van der Waals surface area contributed by atoms with Gasteiger partial charge >= 0.3 is 0 Å². The van der Waals surface area contributed by atoms with Crippen molar-refractivity contribution in [1.82, 2.24) is 10.2 Å². The van der Waals surface area contributed by atoms with E-state index in [1.165, 1.54) is 0 Å². The first kappa shape index (κ1) is 16.9. The number of benzene rings is 1. The second-order valence-corrected chi connectivity index (χ2v) is 8.00. The van der Waals surface area contributed by atoms with Crippen LogP contribution in [0.3, 0.4) is 0 Å². The van der Waals surface area contributed by atoms with Gasteiger partial charge in [0, 0.05) is 23.7 Å². The van der Waals surface area contributed by atoms with Gasteiger partial charge in [0.05, 0.1) is 13.2 Å². The lowest BCUT2D eigenvalue weighted by molar-refractivity contribution is 0.122. The van der Waals surface area contributed by atoms with Gasteiger partial charge in [-0.25, -0.2) is 0 Å². The highest BCUT2D eigenvalue weighted by Gasteiger charge is 2.16. The Labute approximate surface area is 145 Å². The molecule has 3 rings (SSSR count). The van der Waals surface area contributed by atoms with Crippen LogP contribution in [0.5, 0.6) is 0 Å². The quantitative estimate of drug-likeness (QED) is 0.711. The molecule has 2 aromatic rings. The number of morpholine rings is 1. The van der Waals surface area contributed by atoms with E-state index in [4.69, 9.17) is 4.74 Å². The highest BCUT2D eigenvalue weighted by atomic mass is 32.2. The smallest absolute Gasteiger partial charge is 0.288 e. The summed E-state index contributed by atoms with van der Waals surface area (Å²) in [5.41, 5.74) is 1.08. The lowest BCUT2D eigenvalue weighted by Crippen LogP contribution is -2.36. The zero-order valence-electron chi connectivity index (χ0n) is 12.2. The van der Waals surface area contributed by atoms with Crippen LogP contribution < -0.4 is 4.90 Å². The molecule has 1 aliphatic heterocycles. The minimum absolute atomic E-state index is 0.565. The van der Waals surface area contributed by atoms with Gasteiger partial charge < -0.3 is 9.64 Å². The first-order chi connectivity index (χ1) is 11.2. The molecule has 0 amide bonds. The predicted molar refractivity (Wildman–Crippen MR) is 90.8 cm³/mol. The lowest BCUT2D eigenvalue weighted by atomic mass is 10.2. The molecule has 9 heteroatoms. The number of halogens is 2. The molecule has 0 atom stereocenters. The van der Waals surface area contributed by atoms with Crippen molar-refractivity contribution in [2.75, 3.05) is 31.2 Å². The third-order valence-electron chi connectivity index (χ3n) is 3.19. The van der Waals surface area contributed by atoms with Gasteiger partial charge in [0.1, 0.15) is 0 Å². The molecule has 4 nitrogen and oxygen atoms in total. The summed E-state index contributed by atoms with van der Waals surface area (Å²) < 4.78 is 30.8. The zero-order chi connectivity index (χ0) is 16.1. The third-order valence-corrected chi connectivity index (χ3v) is 6.10. The maximum Gasteiger partial charge on any atom is 0.288 e. The second-order valence-electron chi connectivity index (χ2n) is 4.76. The van der Waals surface area contributed by atoms with Crippen LogP contribution in [0.1, 0.15) is 5.56 Å². The van der Waals surface area contributed by atoms with Crippen molar-refractivity contribution in [3.63, 3.8) is 0 Å². The number of hydrogen-bond acceptors (Lipinski definition) is 7. The summed E-state index contributed by atoms with van der Waals surface area (Å²) in [6.45, 7) is 3.15. The summed E-state index contributed by atoms with van der Waals surface area (Å²) in [5.74, 6) is -1.63. The Bertz CT molecular complexity index is 618. The van der Waals surface area contributed by atoms with Crippen LogP contribution in [0.2, 0.25) is 0 Å². The van der Waals surface area contributed by atoms with Gasteiger partial charge in [-0.1, -0.05) is 47.0 Å². The number of rotatable bonds is 6. The molecular formula is C14H15F2N3OS3. The summed E-state index contributed by atoms with van der Waals surface area (Å²) in [7, 11) is 0. The molecule has 0 aliphatic carbocycles. The van der Waals surface area contributed by atoms with Gasteiger partial charge in [-0.2, -0.15) is 8.78 Å². The van der Waals surface area contributed by atoms with E-state index in [1.54, 1.807) is 35.2 Å². The van der Waals surface area contributed by atoms with Crippen molar-refractivity contribution < 1.29 is 13.5 Å². The van der Waals surface area contributed by atoms with Gasteiger partial charge in [0.25, 0.3) is 5.76 Å². The van der Waals surface area contributed by atoms with Gasteiger partial charge in [-0.3, -0.25) is 0 Å². The largest absolute Gasteiger partial charge is 0.378 e. The monoisotopic (exact) mass is 375 g/mol.